The number of rotatable bonds is 4. The summed E-state index contributed by atoms with van der Waals surface area (Å²) in [5.41, 5.74) is -2.23. The molecule has 0 amide bonds. The summed E-state index contributed by atoms with van der Waals surface area (Å²) in [6.07, 6.45) is -9.95. The molecule has 0 bridgehead atoms. The van der Waals surface area contributed by atoms with Crippen LogP contribution >= 0.6 is 35.4 Å². The van der Waals surface area contributed by atoms with E-state index in [1.807, 2.05) is 0 Å². The molecular formula is C25H17Cl2F6N3OS. The standard InChI is InChI=1S/C25H17Cl2F6N3OS/c1-13-7-14(5-6-20(13)35-22(38)34-19-4-2-3-15(10-19)24(28,29)30)21-12-23(37-36-21,25(31,32)33)16-8-17(26)11-18(27)9-16/h2-11H,12H2,1H3,(H2,34,35,38). The molecule has 0 radical (unpaired) electrons. The number of nitrogens with zero attached hydrogens (tertiary/aromatic N) is 1. The van der Waals surface area contributed by atoms with Gasteiger partial charge < -0.3 is 15.5 Å². The summed E-state index contributed by atoms with van der Waals surface area (Å²) in [5, 5.41) is 9.36. The predicted molar refractivity (Wildman–Crippen MR) is 139 cm³/mol. The Labute approximate surface area is 228 Å². The molecule has 0 saturated carbocycles. The average molecular weight is 592 g/mol. The van der Waals surface area contributed by atoms with Crippen molar-refractivity contribution in [2.24, 2.45) is 5.16 Å². The molecule has 4 rings (SSSR count). The van der Waals surface area contributed by atoms with Crippen molar-refractivity contribution in [1.82, 2.24) is 0 Å². The number of anilines is 2. The van der Waals surface area contributed by atoms with Crippen molar-refractivity contribution >= 4 is 57.6 Å². The SMILES string of the molecule is Cc1cc(C2=NOC(c3cc(Cl)cc(Cl)c3)(C(F)(F)F)C2)ccc1NC(=S)Nc1cccc(C(F)(F)F)c1. The number of oxime groups is 1. The van der Waals surface area contributed by atoms with Crippen molar-refractivity contribution in [3.63, 3.8) is 0 Å². The van der Waals surface area contributed by atoms with Gasteiger partial charge in [-0.2, -0.15) is 26.3 Å². The molecule has 4 nitrogen and oxygen atoms in total. The Morgan fingerprint density at radius 2 is 1.63 bits per heavy atom. The minimum atomic E-state index is -4.83. The van der Waals surface area contributed by atoms with Gasteiger partial charge in [-0.15, -0.1) is 0 Å². The van der Waals surface area contributed by atoms with Crippen molar-refractivity contribution in [3.05, 3.63) is 93.0 Å². The van der Waals surface area contributed by atoms with E-state index < -0.39 is 29.9 Å². The summed E-state index contributed by atoms with van der Waals surface area (Å²) in [4.78, 5) is 5.02. The van der Waals surface area contributed by atoms with Crippen LogP contribution in [0.1, 0.15) is 28.7 Å². The molecule has 0 spiro atoms. The number of nitrogens with one attached hydrogen (secondary N) is 2. The molecule has 1 atom stereocenters. The van der Waals surface area contributed by atoms with Crippen LogP contribution in [-0.4, -0.2) is 17.0 Å². The van der Waals surface area contributed by atoms with E-state index in [4.69, 9.17) is 40.3 Å². The molecule has 1 unspecified atom stereocenters. The molecule has 3 aromatic carbocycles. The highest BCUT2D eigenvalue weighted by Crippen LogP contribution is 2.49. The number of benzene rings is 3. The fourth-order valence-corrected chi connectivity index (χ4v) is 4.64. The maximum atomic E-state index is 14.2. The first-order chi connectivity index (χ1) is 17.7. The highest BCUT2D eigenvalue weighted by atomic mass is 35.5. The third kappa shape index (κ3) is 5.84. The Morgan fingerprint density at radius 1 is 0.947 bits per heavy atom. The van der Waals surface area contributed by atoms with Crippen LogP contribution in [0, 0.1) is 6.92 Å². The van der Waals surface area contributed by atoms with Gasteiger partial charge in [0, 0.05) is 33.4 Å². The molecule has 0 saturated heterocycles. The molecule has 38 heavy (non-hydrogen) atoms. The zero-order chi connectivity index (χ0) is 27.9. The van der Waals surface area contributed by atoms with Gasteiger partial charge in [0.05, 0.1) is 11.3 Å². The largest absolute Gasteiger partial charge is 0.435 e. The quantitative estimate of drug-likeness (QED) is 0.235. The lowest BCUT2D eigenvalue weighted by atomic mass is 9.86. The number of aryl methyl sites for hydroxylation is 1. The highest BCUT2D eigenvalue weighted by Gasteiger charge is 2.62. The third-order valence-corrected chi connectivity index (χ3v) is 6.41. The first-order valence-corrected chi connectivity index (χ1v) is 12.0. The molecule has 0 fully saturated rings. The summed E-state index contributed by atoms with van der Waals surface area (Å²) in [7, 11) is 0. The maximum absolute atomic E-state index is 14.2. The van der Waals surface area contributed by atoms with Gasteiger partial charge in [-0.05, 0) is 78.8 Å². The normalized spacial score (nSPS) is 17.6. The fraction of sp³-hybridized carbons (Fsp3) is 0.200. The van der Waals surface area contributed by atoms with Gasteiger partial charge in [-0.3, -0.25) is 0 Å². The topological polar surface area (TPSA) is 45.6 Å². The molecule has 3 aromatic rings. The van der Waals surface area contributed by atoms with Crippen LogP contribution in [0.3, 0.4) is 0 Å². The van der Waals surface area contributed by atoms with E-state index >= 15 is 0 Å². The molecule has 2 N–H and O–H groups in total. The van der Waals surface area contributed by atoms with Gasteiger partial charge in [0.1, 0.15) is 0 Å². The molecular weight excluding hydrogens is 575 g/mol. The number of hydrogen-bond donors (Lipinski definition) is 2. The molecule has 1 aliphatic heterocycles. The van der Waals surface area contributed by atoms with Crippen molar-refractivity contribution in [2.75, 3.05) is 10.6 Å². The summed E-state index contributed by atoms with van der Waals surface area (Å²) in [6.45, 7) is 1.68. The smallest absolute Gasteiger partial charge is 0.374 e. The summed E-state index contributed by atoms with van der Waals surface area (Å²) >= 11 is 17.1. The van der Waals surface area contributed by atoms with Crippen LogP contribution in [0.4, 0.5) is 37.7 Å². The lowest BCUT2D eigenvalue weighted by molar-refractivity contribution is -0.275. The van der Waals surface area contributed by atoms with Crippen LogP contribution < -0.4 is 10.6 Å². The Bertz CT molecular complexity index is 1410. The van der Waals surface area contributed by atoms with E-state index in [1.54, 1.807) is 19.1 Å². The van der Waals surface area contributed by atoms with Crippen molar-refractivity contribution in [3.8, 4) is 0 Å². The second kappa shape index (κ2) is 10.3. The van der Waals surface area contributed by atoms with Crippen LogP contribution in [-0.2, 0) is 16.6 Å². The number of halogens is 8. The lowest BCUT2D eigenvalue weighted by Crippen LogP contribution is -2.42. The van der Waals surface area contributed by atoms with Gasteiger partial charge >= 0.3 is 12.4 Å². The van der Waals surface area contributed by atoms with Crippen molar-refractivity contribution in [2.45, 2.75) is 31.3 Å². The fourth-order valence-electron chi connectivity index (χ4n) is 3.89. The van der Waals surface area contributed by atoms with Crippen LogP contribution in [0.2, 0.25) is 10.0 Å². The van der Waals surface area contributed by atoms with E-state index in [1.165, 1.54) is 24.3 Å². The molecule has 200 valence electrons. The van der Waals surface area contributed by atoms with Crippen LogP contribution in [0.5, 0.6) is 0 Å². The molecule has 1 aliphatic rings. The third-order valence-electron chi connectivity index (χ3n) is 5.77. The Hall–Kier alpha value is -3.02. The van der Waals surface area contributed by atoms with Gasteiger partial charge in [-0.1, -0.05) is 40.5 Å². The molecule has 1 heterocycles. The zero-order valence-corrected chi connectivity index (χ0v) is 21.6. The number of alkyl halides is 6. The Morgan fingerprint density at radius 3 is 2.24 bits per heavy atom. The lowest BCUT2D eigenvalue weighted by Gasteiger charge is -2.29. The van der Waals surface area contributed by atoms with Crippen molar-refractivity contribution < 1.29 is 31.2 Å². The van der Waals surface area contributed by atoms with E-state index in [-0.39, 0.29) is 32.1 Å². The minimum absolute atomic E-state index is 0.0224. The van der Waals surface area contributed by atoms with E-state index in [2.05, 4.69) is 15.8 Å². The van der Waals surface area contributed by atoms with Gasteiger partial charge in [-0.25, -0.2) is 0 Å². The Balaban J connectivity index is 1.51. The van der Waals surface area contributed by atoms with E-state index in [0.717, 1.165) is 24.3 Å². The number of thiocarbonyl (C=S) groups is 1. The second-order valence-corrected chi connectivity index (χ2v) is 9.76. The van der Waals surface area contributed by atoms with E-state index in [9.17, 15) is 26.3 Å². The first kappa shape index (κ1) is 28.0. The van der Waals surface area contributed by atoms with Gasteiger partial charge in [0.15, 0.2) is 5.11 Å². The van der Waals surface area contributed by atoms with Gasteiger partial charge in [0.25, 0.3) is 5.60 Å². The van der Waals surface area contributed by atoms with Crippen LogP contribution in [0.15, 0.2) is 65.8 Å². The minimum Gasteiger partial charge on any atom is -0.374 e. The highest BCUT2D eigenvalue weighted by molar-refractivity contribution is 7.80. The number of hydrogen-bond acceptors (Lipinski definition) is 3. The summed E-state index contributed by atoms with van der Waals surface area (Å²) < 4.78 is 81.5. The first-order valence-electron chi connectivity index (χ1n) is 10.8. The van der Waals surface area contributed by atoms with Crippen molar-refractivity contribution in [1.29, 1.82) is 0 Å². The predicted octanol–water partition coefficient (Wildman–Crippen LogP) is 8.71. The molecule has 0 aromatic heterocycles. The average Bonchev–Trinajstić information content (AvgIpc) is 3.27. The zero-order valence-electron chi connectivity index (χ0n) is 19.3. The van der Waals surface area contributed by atoms with E-state index in [0.29, 0.717) is 16.8 Å². The van der Waals surface area contributed by atoms with Crippen LogP contribution in [0.25, 0.3) is 0 Å². The summed E-state index contributed by atoms with van der Waals surface area (Å²) in [6, 6.07) is 12.8. The Kier molecular flexibility index (Phi) is 7.57. The maximum Gasteiger partial charge on any atom is 0.435 e. The monoisotopic (exact) mass is 591 g/mol. The molecule has 13 heteroatoms. The van der Waals surface area contributed by atoms with Gasteiger partial charge in [0.2, 0.25) is 0 Å². The molecule has 0 aliphatic carbocycles. The second-order valence-electron chi connectivity index (χ2n) is 8.48. The summed E-state index contributed by atoms with van der Waals surface area (Å²) in [5.74, 6) is 0.